The number of benzene rings is 5. The summed E-state index contributed by atoms with van der Waals surface area (Å²) in [4.78, 5) is 9.73. The molecule has 5 aromatic carbocycles. The Morgan fingerprint density at radius 1 is 0.789 bits per heavy atom. The molecule has 0 saturated heterocycles. The Bertz CT molecular complexity index is 2840. The molecule has 57 heavy (non-hydrogen) atoms. The molecule has 0 fully saturated rings. The van der Waals surface area contributed by atoms with Crippen molar-refractivity contribution in [1.29, 1.82) is 0 Å². The number of aromatic nitrogens is 3. The summed E-state index contributed by atoms with van der Waals surface area (Å²) in [5.74, 6) is 1.75. The van der Waals surface area contributed by atoms with Crippen LogP contribution in [-0.2, 0) is 26.5 Å². The van der Waals surface area contributed by atoms with Gasteiger partial charge in [0.05, 0.1) is 24.9 Å². The molecule has 0 aliphatic heterocycles. The zero-order valence-corrected chi connectivity index (χ0v) is 38.8. The van der Waals surface area contributed by atoms with E-state index < -0.39 is 26.7 Å². The van der Waals surface area contributed by atoms with Crippen LogP contribution in [0.2, 0.25) is 19.6 Å². The van der Waals surface area contributed by atoms with E-state index in [1.807, 2.05) is 38.2 Å². The van der Waals surface area contributed by atoms with Crippen molar-refractivity contribution in [2.24, 2.45) is 5.41 Å². The summed E-state index contributed by atoms with van der Waals surface area (Å²) in [7, 11) is -1.81. The number of hydrogen-bond donors (Lipinski definition) is 0. The van der Waals surface area contributed by atoms with Crippen molar-refractivity contribution >= 4 is 55.8 Å². The first-order valence-electron chi connectivity index (χ1n) is 22.1. The number of nitrogens with zero attached hydrogens (tertiary/aromatic N) is 3. The summed E-state index contributed by atoms with van der Waals surface area (Å²) in [6.07, 6.45) is 0.269. The zero-order valence-electron chi connectivity index (χ0n) is 39.6. The molecule has 1 radical (unpaired) electrons. The number of hydrogen-bond acceptors (Lipinski definition) is 3. The van der Waals surface area contributed by atoms with E-state index in [0.29, 0.717) is 28.7 Å². The number of pyridine rings is 1. The Morgan fingerprint density at radius 2 is 1.47 bits per heavy atom. The first kappa shape index (κ1) is 35.9. The van der Waals surface area contributed by atoms with Gasteiger partial charge in [-0.3, -0.25) is 4.98 Å². The van der Waals surface area contributed by atoms with Gasteiger partial charge in [-0.1, -0.05) is 141 Å². The normalized spacial score (nSPS) is 13.8. The van der Waals surface area contributed by atoms with Gasteiger partial charge < -0.3 is 9.55 Å². The molecule has 0 unspecified atom stereocenters. The van der Waals surface area contributed by atoms with Gasteiger partial charge >= 0.3 is 0 Å². The van der Waals surface area contributed by atoms with Gasteiger partial charge in [0.1, 0.15) is 0 Å². The quantitative estimate of drug-likeness (QED) is 0.118. The van der Waals surface area contributed by atoms with E-state index in [1.54, 1.807) is 18.3 Å². The van der Waals surface area contributed by atoms with Crippen LogP contribution in [0.5, 0.6) is 0 Å². The van der Waals surface area contributed by atoms with Crippen molar-refractivity contribution in [3.63, 3.8) is 0 Å². The fraction of sp³-hybridized carbons (Fsp3) is 0.294. The van der Waals surface area contributed by atoms with E-state index in [-0.39, 0.29) is 25.7 Å². The number of imidazole rings is 1. The Hall–Kier alpha value is -4.19. The number of rotatable bonds is 7. The van der Waals surface area contributed by atoms with E-state index in [2.05, 4.69) is 148 Å². The maximum Gasteiger partial charge on any atom is 0.0798 e. The number of fused-ring (bicyclic) bond motifs is 4. The SMILES string of the molecule is CC(C)c1cccc(C(C)C)c1-n1c(-c2[c-]cc3sc4ccccc4c3c2)nc2ccccc21.[2H]C([2H])([2H])c1c[c-]c(-c2cc(C([2H])([2H])C(C)(C)C)c([Si](C)(C)C)cn2)cc1.[Ir]. The molecule has 0 atom stereocenters. The van der Waals surface area contributed by atoms with Crippen LogP contribution in [0.4, 0.5) is 0 Å². The molecule has 3 nitrogen and oxygen atoms in total. The molecule has 8 rings (SSSR count). The van der Waals surface area contributed by atoms with Crippen LogP contribution in [0.3, 0.4) is 0 Å². The van der Waals surface area contributed by atoms with Crippen LogP contribution in [0.1, 0.15) is 89.4 Å². The minimum Gasteiger partial charge on any atom is -0.333 e. The Labute approximate surface area is 366 Å². The molecule has 0 N–H and O–H groups in total. The molecule has 0 bridgehead atoms. The van der Waals surface area contributed by atoms with E-state index >= 15 is 0 Å². The standard InChI is InChI=1S/C31H27N2S.C20H28NSi.Ir/c1-19(2)22-11-9-12-23(20(3)4)30(22)33-27-14-7-6-13-26(27)32-31(33)21-16-17-29-25(18-21)24-10-5-8-15-28(24)34-29;1-15-8-10-16(11-9-15)18-12-17(13-20(2,3)4)19(14-21-18)22(5,6)7;/h5-15,17-20H,1-4H3;8-10,12,14H,13H2,1-7H3;/q2*-1;/i;1D3,13D2;. The van der Waals surface area contributed by atoms with Gasteiger partial charge in [-0.15, -0.1) is 59.2 Å². The van der Waals surface area contributed by atoms with E-state index in [4.69, 9.17) is 11.8 Å². The van der Waals surface area contributed by atoms with Gasteiger partial charge in [0.15, 0.2) is 0 Å². The molecule has 3 aromatic heterocycles. The molecule has 8 aromatic rings. The summed E-state index contributed by atoms with van der Waals surface area (Å²) in [5.41, 5.74) is 8.73. The predicted molar refractivity (Wildman–Crippen MR) is 246 cm³/mol. The molecule has 6 heteroatoms. The zero-order chi connectivity index (χ0) is 44.2. The molecule has 295 valence electrons. The largest absolute Gasteiger partial charge is 0.333 e. The van der Waals surface area contributed by atoms with Crippen molar-refractivity contribution in [2.75, 3.05) is 0 Å². The molecule has 3 heterocycles. The maximum atomic E-state index is 8.79. The van der Waals surface area contributed by atoms with Crippen LogP contribution < -0.4 is 5.19 Å². The molecule has 0 aliphatic carbocycles. The number of para-hydroxylation sites is 3. The van der Waals surface area contributed by atoms with Crippen LogP contribution in [0, 0.1) is 24.4 Å². The van der Waals surface area contributed by atoms with E-state index in [1.165, 1.54) is 43.1 Å². The second-order valence-corrected chi connectivity index (χ2v) is 23.4. The number of aryl methyl sites for hydroxylation is 1. The summed E-state index contributed by atoms with van der Waals surface area (Å²) >= 11 is 1.83. The van der Waals surface area contributed by atoms with Gasteiger partial charge in [-0.05, 0) is 73.9 Å². The van der Waals surface area contributed by atoms with E-state index in [9.17, 15) is 0 Å². The summed E-state index contributed by atoms with van der Waals surface area (Å²) in [5, 5.41) is 3.57. The minimum absolute atomic E-state index is 0. The molecular formula is C51H55IrN3SSi-2. The first-order chi connectivity index (χ1) is 28.6. The van der Waals surface area contributed by atoms with Crippen molar-refractivity contribution in [3.8, 4) is 28.3 Å². The second-order valence-electron chi connectivity index (χ2n) is 17.3. The smallest absolute Gasteiger partial charge is 0.0798 e. The first-order valence-corrected chi connectivity index (χ1v) is 23.9. The fourth-order valence-corrected chi connectivity index (χ4v) is 9.76. The van der Waals surface area contributed by atoms with Crippen LogP contribution in [0.15, 0.2) is 109 Å². The predicted octanol–water partition coefficient (Wildman–Crippen LogP) is 14.1. The van der Waals surface area contributed by atoms with Crippen molar-refractivity contribution < 1.29 is 27.0 Å². The molecule has 0 amide bonds. The van der Waals surface area contributed by atoms with Gasteiger partial charge in [0.2, 0.25) is 0 Å². The van der Waals surface area contributed by atoms with Gasteiger partial charge in [-0.25, -0.2) is 0 Å². The molecule has 0 spiro atoms. The van der Waals surface area contributed by atoms with Gasteiger partial charge in [0, 0.05) is 43.5 Å². The van der Waals surface area contributed by atoms with Crippen molar-refractivity contribution in [2.45, 2.75) is 93.2 Å². The van der Waals surface area contributed by atoms with Gasteiger partial charge in [-0.2, -0.15) is 11.3 Å². The third-order valence-corrected chi connectivity index (χ3v) is 13.1. The van der Waals surface area contributed by atoms with Crippen molar-refractivity contribution in [1.82, 2.24) is 14.5 Å². The molecular weight excluding hydrogens is 907 g/mol. The Balaban J connectivity index is 0.000000210. The second kappa shape index (κ2) is 17.0. The summed E-state index contributed by atoms with van der Waals surface area (Å²) < 4.78 is 45.0. The Kier molecular flexibility index (Phi) is 10.7. The summed E-state index contributed by atoms with van der Waals surface area (Å²) in [6, 6.07) is 41.4. The third-order valence-electron chi connectivity index (χ3n) is 9.99. The van der Waals surface area contributed by atoms with Crippen LogP contribution >= 0.6 is 11.3 Å². The monoisotopic (exact) mass is 967 g/mol. The topological polar surface area (TPSA) is 30.7 Å². The van der Waals surface area contributed by atoms with Gasteiger partial charge in [0.25, 0.3) is 0 Å². The van der Waals surface area contributed by atoms with E-state index in [0.717, 1.165) is 27.6 Å². The number of thiophene rings is 1. The third kappa shape index (κ3) is 9.10. The minimum atomic E-state index is -2.17. The fourth-order valence-electron chi connectivity index (χ4n) is 7.29. The summed E-state index contributed by atoms with van der Waals surface area (Å²) in [6.45, 7) is 19.2. The maximum absolute atomic E-state index is 8.79. The average Bonchev–Trinajstić information content (AvgIpc) is 3.78. The van der Waals surface area contributed by atoms with Crippen molar-refractivity contribution in [3.05, 3.63) is 144 Å². The molecule has 0 aliphatic rings. The average molecular weight is 967 g/mol. The van der Waals surface area contributed by atoms with Crippen LogP contribution in [-0.4, -0.2) is 22.6 Å². The molecule has 0 saturated carbocycles. The van der Waals surface area contributed by atoms with Crippen LogP contribution in [0.25, 0.3) is 59.5 Å². The Morgan fingerprint density at radius 3 is 2.12 bits per heavy atom.